The molecular formula is C16H15NO3S. The van der Waals surface area contributed by atoms with Crippen molar-refractivity contribution >= 4 is 27.7 Å². The number of hydrogen-bond donors (Lipinski definition) is 2. The van der Waals surface area contributed by atoms with Crippen molar-refractivity contribution in [2.75, 3.05) is 5.73 Å². The molecule has 0 atom stereocenters. The van der Waals surface area contributed by atoms with Gasteiger partial charge in [0.25, 0.3) is 0 Å². The summed E-state index contributed by atoms with van der Waals surface area (Å²) >= 11 is 1.41. The molecule has 3 rings (SSSR count). The SMILES string of the molecule is CC1=CC(=C2C(=O)C(c3cc(N)sc3C)=C2O)C=C(C)O1. The molecule has 0 bridgehead atoms. The van der Waals surface area contributed by atoms with E-state index in [9.17, 15) is 9.90 Å². The molecule has 0 amide bonds. The van der Waals surface area contributed by atoms with Crippen molar-refractivity contribution in [3.8, 4) is 0 Å². The first-order valence-corrected chi connectivity index (χ1v) is 7.33. The summed E-state index contributed by atoms with van der Waals surface area (Å²) in [4.78, 5) is 13.4. The molecule has 0 unspecified atom stereocenters. The standard InChI is InChI=1S/C16H15NO3S/c1-7-4-10(5-8(2)20-7)13-15(18)14(16(13)19)11-6-12(17)21-9(11)3/h4-6,18H,17H2,1-3H3. The van der Waals surface area contributed by atoms with E-state index in [0.717, 1.165) is 10.4 Å². The van der Waals surface area contributed by atoms with Gasteiger partial charge in [0, 0.05) is 10.4 Å². The van der Waals surface area contributed by atoms with Gasteiger partial charge in [-0.3, -0.25) is 4.79 Å². The van der Waals surface area contributed by atoms with Gasteiger partial charge >= 0.3 is 0 Å². The lowest BCUT2D eigenvalue weighted by molar-refractivity contribution is -0.111. The van der Waals surface area contributed by atoms with E-state index in [1.165, 1.54) is 11.3 Å². The van der Waals surface area contributed by atoms with Crippen LogP contribution < -0.4 is 5.73 Å². The van der Waals surface area contributed by atoms with Crippen LogP contribution in [0.5, 0.6) is 0 Å². The van der Waals surface area contributed by atoms with Gasteiger partial charge in [-0.25, -0.2) is 0 Å². The van der Waals surface area contributed by atoms with Gasteiger partial charge in [0.1, 0.15) is 17.3 Å². The van der Waals surface area contributed by atoms with Crippen molar-refractivity contribution in [1.29, 1.82) is 0 Å². The summed E-state index contributed by atoms with van der Waals surface area (Å²) in [5, 5.41) is 10.9. The molecule has 5 heteroatoms. The molecule has 0 spiro atoms. The number of anilines is 1. The number of hydrogen-bond acceptors (Lipinski definition) is 5. The zero-order chi connectivity index (χ0) is 15.3. The Labute approximate surface area is 126 Å². The predicted molar refractivity (Wildman–Crippen MR) is 83.6 cm³/mol. The number of nitrogen functional groups attached to an aromatic ring is 1. The van der Waals surface area contributed by atoms with E-state index >= 15 is 0 Å². The number of carbonyl (C=O) groups excluding carboxylic acids is 1. The molecule has 1 aromatic rings. The number of aliphatic hydroxyl groups is 1. The highest BCUT2D eigenvalue weighted by Gasteiger charge is 2.38. The molecule has 1 aliphatic carbocycles. The number of nitrogens with two attached hydrogens (primary N) is 1. The second-order valence-electron chi connectivity index (χ2n) is 5.11. The Balaban J connectivity index is 2.13. The highest BCUT2D eigenvalue weighted by atomic mass is 32.1. The topological polar surface area (TPSA) is 72.6 Å². The third-order valence-corrected chi connectivity index (χ3v) is 4.34. The van der Waals surface area contributed by atoms with Gasteiger partial charge < -0.3 is 15.6 Å². The number of thiophene rings is 1. The highest BCUT2D eigenvalue weighted by molar-refractivity contribution is 7.16. The Morgan fingerprint density at radius 2 is 1.76 bits per heavy atom. The van der Waals surface area contributed by atoms with Gasteiger partial charge in [-0.05, 0) is 44.6 Å². The molecular weight excluding hydrogens is 286 g/mol. The van der Waals surface area contributed by atoms with Crippen LogP contribution in [0.15, 0.2) is 46.6 Å². The average molecular weight is 301 g/mol. The summed E-state index contributed by atoms with van der Waals surface area (Å²) in [7, 11) is 0. The van der Waals surface area contributed by atoms with Crippen LogP contribution in [0.2, 0.25) is 0 Å². The maximum absolute atomic E-state index is 12.4. The summed E-state index contributed by atoms with van der Waals surface area (Å²) in [5.41, 5.74) is 7.86. The number of ether oxygens (including phenoxy) is 1. The molecule has 3 N–H and O–H groups in total. The number of rotatable bonds is 1. The fourth-order valence-electron chi connectivity index (χ4n) is 2.61. The number of aliphatic hydroxyl groups excluding tert-OH is 1. The molecule has 0 radical (unpaired) electrons. The lowest BCUT2D eigenvalue weighted by Crippen LogP contribution is -2.23. The zero-order valence-corrected chi connectivity index (χ0v) is 12.8. The molecule has 1 aromatic heterocycles. The maximum Gasteiger partial charge on any atom is 0.201 e. The van der Waals surface area contributed by atoms with E-state index < -0.39 is 0 Å². The first kappa shape index (κ1) is 13.7. The fraction of sp³-hybridized carbons (Fsp3) is 0.188. The Kier molecular flexibility index (Phi) is 3.02. The average Bonchev–Trinajstić information content (AvgIpc) is 2.67. The monoisotopic (exact) mass is 301 g/mol. The molecule has 0 fully saturated rings. The molecule has 108 valence electrons. The van der Waals surface area contributed by atoms with Crippen molar-refractivity contribution in [2.24, 2.45) is 0 Å². The highest BCUT2D eigenvalue weighted by Crippen LogP contribution is 2.42. The van der Waals surface area contributed by atoms with Crippen molar-refractivity contribution in [3.05, 3.63) is 57.1 Å². The van der Waals surface area contributed by atoms with E-state index in [0.29, 0.717) is 33.2 Å². The third-order valence-electron chi connectivity index (χ3n) is 3.46. The van der Waals surface area contributed by atoms with Crippen molar-refractivity contribution in [3.63, 3.8) is 0 Å². The van der Waals surface area contributed by atoms with E-state index in [-0.39, 0.29) is 11.5 Å². The molecule has 2 aliphatic rings. The lowest BCUT2D eigenvalue weighted by atomic mass is 9.80. The summed E-state index contributed by atoms with van der Waals surface area (Å²) < 4.78 is 5.40. The molecule has 21 heavy (non-hydrogen) atoms. The van der Waals surface area contributed by atoms with Crippen LogP contribution in [0.3, 0.4) is 0 Å². The van der Waals surface area contributed by atoms with E-state index in [1.807, 2.05) is 20.8 Å². The maximum atomic E-state index is 12.4. The molecule has 0 saturated carbocycles. The normalized spacial score (nSPS) is 18.3. The quantitative estimate of drug-likeness (QED) is 0.777. The molecule has 2 heterocycles. The molecule has 0 aromatic carbocycles. The molecule has 4 nitrogen and oxygen atoms in total. The largest absolute Gasteiger partial charge is 0.506 e. The molecule has 0 saturated heterocycles. The number of Topliss-reactive ketones (excluding diaryl/α,β-unsaturated/α-hetero) is 1. The van der Waals surface area contributed by atoms with Crippen LogP contribution in [0.1, 0.15) is 24.3 Å². The number of aryl methyl sites for hydroxylation is 1. The predicted octanol–water partition coefficient (Wildman–Crippen LogP) is 3.62. The lowest BCUT2D eigenvalue weighted by Gasteiger charge is -2.24. The van der Waals surface area contributed by atoms with Crippen LogP contribution in [0.25, 0.3) is 5.57 Å². The number of carbonyl (C=O) groups is 1. The van der Waals surface area contributed by atoms with Gasteiger partial charge in [0.15, 0.2) is 0 Å². The van der Waals surface area contributed by atoms with E-state index in [1.54, 1.807) is 18.2 Å². The number of allylic oxidation sites excluding steroid dienone is 7. The third kappa shape index (κ3) is 2.10. The Morgan fingerprint density at radius 1 is 1.14 bits per heavy atom. The van der Waals surface area contributed by atoms with Crippen molar-refractivity contribution < 1.29 is 14.6 Å². The zero-order valence-electron chi connectivity index (χ0n) is 12.0. The minimum Gasteiger partial charge on any atom is -0.506 e. The first-order valence-electron chi connectivity index (χ1n) is 6.51. The van der Waals surface area contributed by atoms with Gasteiger partial charge in [-0.15, -0.1) is 11.3 Å². The van der Waals surface area contributed by atoms with E-state index in [4.69, 9.17) is 10.5 Å². The minimum atomic E-state index is -0.154. The summed E-state index contributed by atoms with van der Waals surface area (Å²) in [5.74, 6) is 1.27. The second-order valence-corrected chi connectivity index (χ2v) is 6.40. The summed E-state index contributed by atoms with van der Waals surface area (Å²) in [6, 6.07) is 1.73. The van der Waals surface area contributed by atoms with E-state index in [2.05, 4.69) is 0 Å². The van der Waals surface area contributed by atoms with Crippen molar-refractivity contribution in [2.45, 2.75) is 20.8 Å². The van der Waals surface area contributed by atoms with Gasteiger partial charge in [0.05, 0.1) is 16.1 Å². The minimum absolute atomic E-state index is 0.0332. The Hall–Kier alpha value is -2.27. The smallest absolute Gasteiger partial charge is 0.201 e. The van der Waals surface area contributed by atoms with Gasteiger partial charge in [-0.2, -0.15) is 0 Å². The van der Waals surface area contributed by atoms with Crippen LogP contribution in [0, 0.1) is 6.92 Å². The van der Waals surface area contributed by atoms with Crippen LogP contribution in [-0.4, -0.2) is 10.9 Å². The molecule has 1 aliphatic heterocycles. The Morgan fingerprint density at radius 3 is 2.24 bits per heavy atom. The first-order chi connectivity index (χ1) is 9.88. The second kappa shape index (κ2) is 4.63. The summed E-state index contributed by atoms with van der Waals surface area (Å²) in [6.45, 7) is 5.51. The van der Waals surface area contributed by atoms with Gasteiger partial charge in [0.2, 0.25) is 5.78 Å². The summed E-state index contributed by atoms with van der Waals surface area (Å²) in [6.07, 6.45) is 3.50. The number of ketones is 1. The van der Waals surface area contributed by atoms with Crippen LogP contribution in [-0.2, 0) is 9.53 Å². The van der Waals surface area contributed by atoms with Crippen molar-refractivity contribution in [1.82, 2.24) is 0 Å². The van der Waals surface area contributed by atoms with Crippen LogP contribution in [0.4, 0.5) is 5.00 Å². The van der Waals surface area contributed by atoms with Gasteiger partial charge in [-0.1, -0.05) is 0 Å². The fourth-order valence-corrected chi connectivity index (χ4v) is 3.41. The van der Waals surface area contributed by atoms with Crippen LogP contribution >= 0.6 is 11.3 Å². The Bertz CT molecular complexity index is 770.